The number of hydrogen-bond donors (Lipinski definition) is 2. The molecule has 1 unspecified atom stereocenters. The first-order valence-electron chi connectivity index (χ1n) is 7.27. The molecule has 1 aromatic heterocycles. The van der Waals surface area contributed by atoms with Crippen LogP contribution < -0.4 is 20.1 Å². The van der Waals surface area contributed by atoms with Crippen LogP contribution in [0.3, 0.4) is 0 Å². The monoisotopic (exact) mass is 331 g/mol. The van der Waals surface area contributed by atoms with Crippen molar-refractivity contribution in [3.8, 4) is 11.5 Å². The number of methoxy groups -OCH3 is 2. The van der Waals surface area contributed by atoms with Crippen LogP contribution >= 0.6 is 0 Å². The molecule has 0 bridgehead atoms. The lowest BCUT2D eigenvalue weighted by molar-refractivity contribution is -0.123. The van der Waals surface area contributed by atoms with Crippen LogP contribution in [0.15, 0.2) is 18.2 Å². The number of fused-ring (bicyclic) bond motifs is 1. The Morgan fingerprint density at radius 2 is 2.17 bits per heavy atom. The summed E-state index contributed by atoms with van der Waals surface area (Å²) < 4.78 is 11.8. The second kappa shape index (κ2) is 6.19. The first-order valence-corrected chi connectivity index (χ1v) is 7.27. The molecule has 3 rings (SSSR count). The molecule has 0 saturated carbocycles. The van der Waals surface area contributed by atoms with Gasteiger partial charge in [-0.15, -0.1) is 0 Å². The van der Waals surface area contributed by atoms with Crippen molar-refractivity contribution >= 4 is 23.5 Å². The summed E-state index contributed by atoms with van der Waals surface area (Å²) in [5.74, 6) is 1.32. The number of aryl methyl sites for hydroxylation is 1. The van der Waals surface area contributed by atoms with Crippen LogP contribution in [0.2, 0.25) is 0 Å². The van der Waals surface area contributed by atoms with Crippen molar-refractivity contribution < 1.29 is 19.1 Å². The van der Waals surface area contributed by atoms with E-state index in [1.165, 1.54) is 18.9 Å². The maximum absolute atomic E-state index is 12.3. The number of anilines is 2. The minimum absolute atomic E-state index is 0.0675. The van der Waals surface area contributed by atoms with Crippen LogP contribution in [-0.4, -0.2) is 40.8 Å². The third-order valence-electron chi connectivity index (χ3n) is 3.63. The molecule has 24 heavy (non-hydrogen) atoms. The SMILES string of the molecule is COc1ccc(OC)c(NC(=O)CC2C(=O)Nc3nc(C)nn32)c1. The molecule has 0 spiro atoms. The Morgan fingerprint density at radius 3 is 2.88 bits per heavy atom. The van der Waals surface area contributed by atoms with E-state index in [1.54, 1.807) is 25.1 Å². The molecular formula is C15H17N5O4. The Bertz CT molecular complexity index is 801. The van der Waals surface area contributed by atoms with E-state index in [0.717, 1.165) is 0 Å². The predicted molar refractivity (Wildman–Crippen MR) is 85.2 cm³/mol. The molecule has 2 heterocycles. The zero-order valence-electron chi connectivity index (χ0n) is 13.5. The topological polar surface area (TPSA) is 107 Å². The van der Waals surface area contributed by atoms with Gasteiger partial charge < -0.3 is 14.8 Å². The fourth-order valence-corrected chi connectivity index (χ4v) is 2.50. The molecule has 1 atom stereocenters. The summed E-state index contributed by atoms with van der Waals surface area (Å²) in [5.41, 5.74) is 0.468. The minimum atomic E-state index is -0.724. The third kappa shape index (κ3) is 2.87. The lowest BCUT2D eigenvalue weighted by Gasteiger charge is -2.13. The summed E-state index contributed by atoms with van der Waals surface area (Å²) in [6.45, 7) is 1.72. The molecule has 0 aliphatic carbocycles. The van der Waals surface area contributed by atoms with Crippen LogP contribution in [0.4, 0.5) is 11.6 Å². The summed E-state index contributed by atoms with van der Waals surface area (Å²) in [4.78, 5) is 28.4. The first-order chi connectivity index (χ1) is 11.5. The number of hydrogen-bond acceptors (Lipinski definition) is 6. The van der Waals surface area contributed by atoms with E-state index in [9.17, 15) is 9.59 Å². The van der Waals surface area contributed by atoms with Crippen LogP contribution in [-0.2, 0) is 9.59 Å². The van der Waals surface area contributed by atoms with Crippen LogP contribution in [0.25, 0.3) is 0 Å². The molecule has 1 aromatic carbocycles. The molecule has 0 saturated heterocycles. The van der Waals surface area contributed by atoms with Gasteiger partial charge in [-0.05, 0) is 19.1 Å². The fraction of sp³-hybridized carbons (Fsp3) is 0.333. The summed E-state index contributed by atoms with van der Waals surface area (Å²) in [6, 6.07) is 4.34. The second-order valence-corrected chi connectivity index (χ2v) is 5.25. The van der Waals surface area contributed by atoms with Crippen molar-refractivity contribution in [1.29, 1.82) is 0 Å². The van der Waals surface area contributed by atoms with E-state index in [4.69, 9.17) is 9.47 Å². The molecular weight excluding hydrogens is 314 g/mol. The average Bonchev–Trinajstić information content (AvgIpc) is 3.04. The lowest BCUT2D eigenvalue weighted by Crippen LogP contribution is -2.24. The zero-order chi connectivity index (χ0) is 17.3. The van der Waals surface area contributed by atoms with E-state index < -0.39 is 6.04 Å². The summed E-state index contributed by atoms with van der Waals surface area (Å²) >= 11 is 0. The highest BCUT2D eigenvalue weighted by Gasteiger charge is 2.34. The van der Waals surface area contributed by atoms with Crippen molar-refractivity contribution in [3.63, 3.8) is 0 Å². The summed E-state index contributed by atoms with van der Waals surface area (Å²) in [6.07, 6.45) is -0.0675. The van der Waals surface area contributed by atoms with E-state index in [-0.39, 0.29) is 18.2 Å². The van der Waals surface area contributed by atoms with Gasteiger partial charge in [0, 0.05) is 6.07 Å². The van der Waals surface area contributed by atoms with Crippen molar-refractivity contribution in [3.05, 3.63) is 24.0 Å². The number of rotatable bonds is 5. The molecule has 2 amide bonds. The van der Waals surface area contributed by atoms with Crippen LogP contribution in [0.5, 0.6) is 11.5 Å². The van der Waals surface area contributed by atoms with Gasteiger partial charge in [0.1, 0.15) is 23.4 Å². The maximum Gasteiger partial charge on any atom is 0.252 e. The van der Waals surface area contributed by atoms with Crippen molar-refractivity contribution in [2.75, 3.05) is 24.9 Å². The molecule has 9 nitrogen and oxygen atoms in total. The number of nitrogens with zero attached hydrogens (tertiary/aromatic N) is 3. The number of benzene rings is 1. The standard InChI is InChI=1S/C15H17N5O4/c1-8-16-15-18-14(22)11(20(15)19-8)7-13(21)17-10-6-9(23-2)4-5-12(10)24-3/h4-6,11H,7H2,1-3H3,(H,17,21)(H,16,18,19,22). The maximum atomic E-state index is 12.3. The molecule has 2 N–H and O–H groups in total. The second-order valence-electron chi connectivity index (χ2n) is 5.25. The van der Waals surface area contributed by atoms with Gasteiger partial charge in [-0.1, -0.05) is 0 Å². The molecule has 1 aliphatic heterocycles. The Balaban J connectivity index is 1.75. The Morgan fingerprint density at radius 1 is 1.38 bits per heavy atom. The fourth-order valence-electron chi connectivity index (χ4n) is 2.50. The zero-order valence-corrected chi connectivity index (χ0v) is 13.5. The van der Waals surface area contributed by atoms with E-state index in [2.05, 4.69) is 20.7 Å². The number of aromatic nitrogens is 3. The summed E-state index contributed by atoms with van der Waals surface area (Å²) in [5, 5.41) is 9.48. The van der Waals surface area contributed by atoms with Crippen LogP contribution in [0.1, 0.15) is 18.3 Å². The number of amides is 2. The molecule has 0 fully saturated rings. The van der Waals surface area contributed by atoms with Gasteiger partial charge in [-0.25, -0.2) is 4.68 Å². The molecule has 126 valence electrons. The normalized spacial score (nSPS) is 15.6. The van der Waals surface area contributed by atoms with Gasteiger partial charge in [0.2, 0.25) is 11.9 Å². The molecule has 0 radical (unpaired) electrons. The van der Waals surface area contributed by atoms with E-state index >= 15 is 0 Å². The van der Waals surface area contributed by atoms with Crippen LogP contribution in [0, 0.1) is 6.92 Å². The van der Waals surface area contributed by atoms with Gasteiger partial charge in [-0.3, -0.25) is 14.9 Å². The number of ether oxygens (including phenoxy) is 2. The molecule has 1 aliphatic rings. The number of carbonyl (C=O) groups excluding carboxylic acids is 2. The average molecular weight is 331 g/mol. The third-order valence-corrected chi connectivity index (χ3v) is 3.63. The van der Waals surface area contributed by atoms with Gasteiger partial charge in [-0.2, -0.15) is 10.1 Å². The van der Waals surface area contributed by atoms with Gasteiger partial charge >= 0.3 is 0 Å². The smallest absolute Gasteiger partial charge is 0.252 e. The van der Waals surface area contributed by atoms with Gasteiger partial charge in [0.15, 0.2) is 0 Å². The van der Waals surface area contributed by atoms with E-state index in [0.29, 0.717) is 29.0 Å². The highest BCUT2D eigenvalue weighted by atomic mass is 16.5. The summed E-state index contributed by atoms with van der Waals surface area (Å²) in [7, 11) is 3.04. The van der Waals surface area contributed by atoms with Gasteiger partial charge in [0.25, 0.3) is 5.91 Å². The Labute approximate surface area is 138 Å². The first kappa shape index (κ1) is 15.8. The van der Waals surface area contributed by atoms with Crippen molar-refractivity contribution in [1.82, 2.24) is 14.8 Å². The minimum Gasteiger partial charge on any atom is -0.497 e. The lowest BCUT2D eigenvalue weighted by atomic mass is 10.2. The van der Waals surface area contributed by atoms with Crippen molar-refractivity contribution in [2.45, 2.75) is 19.4 Å². The largest absolute Gasteiger partial charge is 0.497 e. The van der Waals surface area contributed by atoms with Gasteiger partial charge in [0.05, 0.1) is 26.3 Å². The Hall–Kier alpha value is -3.10. The molecule has 2 aromatic rings. The number of nitrogens with one attached hydrogen (secondary N) is 2. The Kier molecular flexibility index (Phi) is 4.07. The predicted octanol–water partition coefficient (Wildman–Crippen LogP) is 1.13. The number of carbonyl (C=O) groups is 2. The highest BCUT2D eigenvalue weighted by Crippen LogP contribution is 2.30. The molecule has 9 heteroatoms. The highest BCUT2D eigenvalue weighted by molar-refractivity contribution is 6.01. The van der Waals surface area contributed by atoms with Crippen molar-refractivity contribution in [2.24, 2.45) is 0 Å². The quantitative estimate of drug-likeness (QED) is 0.850. The van der Waals surface area contributed by atoms with E-state index in [1.807, 2.05) is 0 Å².